The molecule has 1 N–H and O–H groups in total. The summed E-state index contributed by atoms with van der Waals surface area (Å²) in [4.78, 5) is 2.48. The maximum Gasteiger partial charge on any atom is 0.0383 e. The molecular formula is C18H21BrN2. The smallest absolute Gasteiger partial charge is 0.0383 e. The van der Waals surface area contributed by atoms with E-state index in [-0.39, 0.29) is 0 Å². The standard InChI is InChI=1S/C18H21BrN2/c1-14-7-8-15(19)13-18(14)20-16-9-11-21(12-10-16)17-5-3-2-4-6-17/h2-8,13,16,20H,9-12H2,1H3. The highest BCUT2D eigenvalue weighted by Crippen LogP contribution is 2.25. The van der Waals surface area contributed by atoms with E-state index in [2.05, 4.69) is 81.6 Å². The van der Waals surface area contributed by atoms with Crippen LogP contribution in [0.15, 0.2) is 53.0 Å². The van der Waals surface area contributed by atoms with Crippen molar-refractivity contribution < 1.29 is 0 Å². The fraction of sp³-hybridized carbons (Fsp3) is 0.333. The summed E-state index contributed by atoms with van der Waals surface area (Å²) in [5, 5.41) is 3.71. The third-order valence-corrected chi connectivity index (χ3v) is 4.67. The lowest BCUT2D eigenvalue weighted by Crippen LogP contribution is -2.39. The molecule has 2 aromatic rings. The topological polar surface area (TPSA) is 15.3 Å². The van der Waals surface area contributed by atoms with E-state index >= 15 is 0 Å². The van der Waals surface area contributed by atoms with E-state index in [0.717, 1.165) is 17.6 Å². The molecule has 2 aromatic carbocycles. The number of para-hydroxylation sites is 1. The zero-order chi connectivity index (χ0) is 14.7. The van der Waals surface area contributed by atoms with E-state index in [1.165, 1.54) is 29.8 Å². The summed E-state index contributed by atoms with van der Waals surface area (Å²) < 4.78 is 1.14. The molecular weight excluding hydrogens is 324 g/mol. The largest absolute Gasteiger partial charge is 0.382 e. The quantitative estimate of drug-likeness (QED) is 0.856. The van der Waals surface area contributed by atoms with E-state index in [4.69, 9.17) is 0 Å². The van der Waals surface area contributed by atoms with E-state index in [1.54, 1.807) is 0 Å². The van der Waals surface area contributed by atoms with Crippen LogP contribution in [-0.4, -0.2) is 19.1 Å². The highest BCUT2D eigenvalue weighted by molar-refractivity contribution is 9.10. The summed E-state index contributed by atoms with van der Waals surface area (Å²) in [6, 6.07) is 17.7. The molecule has 1 heterocycles. The minimum Gasteiger partial charge on any atom is -0.382 e. The molecule has 1 fully saturated rings. The number of piperidine rings is 1. The Morgan fingerprint density at radius 2 is 1.76 bits per heavy atom. The van der Waals surface area contributed by atoms with Crippen molar-refractivity contribution in [3.05, 3.63) is 58.6 Å². The monoisotopic (exact) mass is 344 g/mol. The molecule has 0 atom stereocenters. The summed E-state index contributed by atoms with van der Waals surface area (Å²) >= 11 is 3.55. The van der Waals surface area contributed by atoms with Crippen LogP contribution in [0.1, 0.15) is 18.4 Å². The van der Waals surface area contributed by atoms with E-state index in [9.17, 15) is 0 Å². The maximum absolute atomic E-state index is 3.71. The number of aryl methyl sites for hydroxylation is 1. The van der Waals surface area contributed by atoms with Crippen molar-refractivity contribution in [2.75, 3.05) is 23.3 Å². The first-order valence-electron chi connectivity index (χ1n) is 7.55. The Balaban J connectivity index is 1.60. The number of benzene rings is 2. The average molecular weight is 345 g/mol. The number of anilines is 2. The molecule has 1 aliphatic heterocycles. The van der Waals surface area contributed by atoms with Crippen LogP contribution in [0.4, 0.5) is 11.4 Å². The van der Waals surface area contributed by atoms with Gasteiger partial charge in [-0.3, -0.25) is 0 Å². The van der Waals surface area contributed by atoms with Crippen molar-refractivity contribution in [2.24, 2.45) is 0 Å². The molecule has 0 radical (unpaired) electrons. The van der Waals surface area contributed by atoms with Gasteiger partial charge in [-0.25, -0.2) is 0 Å². The molecule has 0 amide bonds. The molecule has 3 rings (SSSR count). The minimum atomic E-state index is 0.568. The molecule has 1 aliphatic rings. The Bertz CT molecular complexity index is 589. The van der Waals surface area contributed by atoms with Crippen LogP contribution in [0.3, 0.4) is 0 Å². The van der Waals surface area contributed by atoms with Gasteiger partial charge < -0.3 is 10.2 Å². The molecule has 0 unspecified atom stereocenters. The van der Waals surface area contributed by atoms with Gasteiger partial charge >= 0.3 is 0 Å². The van der Waals surface area contributed by atoms with Crippen molar-refractivity contribution in [3.8, 4) is 0 Å². The normalized spacial score (nSPS) is 16.0. The molecule has 21 heavy (non-hydrogen) atoms. The van der Waals surface area contributed by atoms with Gasteiger partial charge in [-0.1, -0.05) is 40.2 Å². The van der Waals surface area contributed by atoms with Crippen LogP contribution in [-0.2, 0) is 0 Å². The van der Waals surface area contributed by atoms with E-state index in [1.807, 2.05) is 0 Å². The lowest BCUT2D eigenvalue weighted by Gasteiger charge is -2.34. The molecule has 0 spiro atoms. The van der Waals surface area contributed by atoms with Gasteiger partial charge in [-0.15, -0.1) is 0 Å². The van der Waals surface area contributed by atoms with Crippen LogP contribution < -0.4 is 10.2 Å². The first-order chi connectivity index (χ1) is 10.2. The molecule has 1 saturated heterocycles. The Kier molecular flexibility index (Phi) is 4.49. The number of halogens is 1. The van der Waals surface area contributed by atoms with Crippen LogP contribution >= 0.6 is 15.9 Å². The third kappa shape index (κ3) is 3.59. The second kappa shape index (κ2) is 6.52. The van der Waals surface area contributed by atoms with Gasteiger partial charge in [0.2, 0.25) is 0 Å². The summed E-state index contributed by atoms with van der Waals surface area (Å²) in [6.45, 7) is 4.40. The van der Waals surface area contributed by atoms with Crippen LogP contribution in [0, 0.1) is 6.92 Å². The van der Waals surface area contributed by atoms with Crippen LogP contribution in [0.25, 0.3) is 0 Å². The molecule has 3 heteroatoms. The lowest BCUT2D eigenvalue weighted by molar-refractivity contribution is 0.526. The summed E-state index contributed by atoms with van der Waals surface area (Å²) in [5.41, 5.74) is 3.90. The molecule has 2 nitrogen and oxygen atoms in total. The van der Waals surface area contributed by atoms with Crippen molar-refractivity contribution >= 4 is 27.3 Å². The van der Waals surface area contributed by atoms with Gasteiger partial charge in [-0.2, -0.15) is 0 Å². The highest BCUT2D eigenvalue weighted by Gasteiger charge is 2.19. The average Bonchev–Trinajstić information content (AvgIpc) is 2.53. The lowest BCUT2D eigenvalue weighted by atomic mass is 10.0. The van der Waals surface area contributed by atoms with Crippen LogP contribution in [0.2, 0.25) is 0 Å². The maximum atomic E-state index is 3.71. The van der Waals surface area contributed by atoms with Crippen LogP contribution in [0.5, 0.6) is 0 Å². The summed E-state index contributed by atoms with van der Waals surface area (Å²) in [7, 11) is 0. The zero-order valence-corrected chi connectivity index (χ0v) is 13.9. The van der Waals surface area contributed by atoms with Gasteiger partial charge in [0.1, 0.15) is 0 Å². The fourth-order valence-corrected chi connectivity index (χ4v) is 3.25. The van der Waals surface area contributed by atoms with Gasteiger partial charge in [0, 0.05) is 35.0 Å². The predicted octanol–water partition coefficient (Wildman–Crippen LogP) is 4.84. The molecule has 0 saturated carbocycles. The van der Waals surface area contributed by atoms with Crippen molar-refractivity contribution in [3.63, 3.8) is 0 Å². The fourth-order valence-electron chi connectivity index (χ4n) is 2.89. The number of nitrogens with zero attached hydrogens (tertiary/aromatic N) is 1. The zero-order valence-electron chi connectivity index (χ0n) is 12.3. The van der Waals surface area contributed by atoms with Crippen molar-refractivity contribution in [1.29, 1.82) is 0 Å². The number of hydrogen-bond donors (Lipinski definition) is 1. The Morgan fingerprint density at radius 1 is 1.05 bits per heavy atom. The predicted molar refractivity (Wildman–Crippen MR) is 94.2 cm³/mol. The van der Waals surface area contributed by atoms with Gasteiger partial charge in [0.25, 0.3) is 0 Å². The van der Waals surface area contributed by atoms with Crippen molar-refractivity contribution in [2.45, 2.75) is 25.8 Å². The molecule has 0 aromatic heterocycles. The number of hydrogen-bond acceptors (Lipinski definition) is 2. The first-order valence-corrected chi connectivity index (χ1v) is 8.34. The Morgan fingerprint density at radius 3 is 2.48 bits per heavy atom. The molecule has 110 valence electrons. The third-order valence-electron chi connectivity index (χ3n) is 4.18. The molecule has 0 bridgehead atoms. The Hall–Kier alpha value is -1.48. The van der Waals surface area contributed by atoms with E-state index < -0.39 is 0 Å². The summed E-state index contributed by atoms with van der Waals surface area (Å²) in [6.07, 6.45) is 2.36. The summed E-state index contributed by atoms with van der Waals surface area (Å²) in [5.74, 6) is 0. The minimum absolute atomic E-state index is 0.568. The van der Waals surface area contributed by atoms with Gasteiger partial charge in [-0.05, 0) is 49.6 Å². The Labute approximate surface area is 135 Å². The van der Waals surface area contributed by atoms with Gasteiger partial charge in [0.05, 0.1) is 0 Å². The first kappa shape index (κ1) is 14.5. The second-order valence-corrected chi connectivity index (χ2v) is 6.62. The molecule has 0 aliphatic carbocycles. The number of nitrogens with one attached hydrogen (secondary N) is 1. The van der Waals surface area contributed by atoms with E-state index in [0.29, 0.717) is 6.04 Å². The highest BCUT2D eigenvalue weighted by atomic mass is 79.9. The van der Waals surface area contributed by atoms with Gasteiger partial charge in [0.15, 0.2) is 0 Å². The number of rotatable bonds is 3. The SMILES string of the molecule is Cc1ccc(Br)cc1NC1CCN(c2ccccc2)CC1. The second-order valence-electron chi connectivity index (χ2n) is 5.70. The van der Waals surface area contributed by atoms with Crippen molar-refractivity contribution in [1.82, 2.24) is 0 Å².